The van der Waals surface area contributed by atoms with E-state index in [1.54, 1.807) is 24.3 Å². The molecule has 0 saturated heterocycles. The maximum atomic E-state index is 7.54. The Labute approximate surface area is 152 Å². The monoisotopic (exact) mass is 344 g/mol. The molecule has 130 valence electrons. The maximum absolute atomic E-state index is 7.54. The van der Waals surface area contributed by atoms with Gasteiger partial charge in [-0.3, -0.25) is 10.8 Å². The van der Waals surface area contributed by atoms with Gasteiger partial charge in [-0.25, -0.2) is 0 Å². The zero-order chi connectivity index (χ0) is 18.5. The smallest absolute Gasteiger partial charge is 0.122 e. The molecule has 0 saturated carbocycles. The van der Waals surface area contributed by atoms with E-state index < -0.39 is 0 Å². The molecule has 0 aromatic heterocycles. The van der Waals surface area contributed by atoms with Crippen molar-refractivity contribution in [3.63, 3.8) is 0 Å². The second-order valence-corrected chi connectivity index (χ2v) is 5.92. The zero-order valence-corrected chi connectivity index (χ0v) is 14.2. The Morgan fingerprint density at radius 3 is 2.00 bits per heavy atom. The Morgan fingerprint density at radius 2 is 1.38 bits per heavy atom. The van der Waals surface area contributed by atoms with Crippen LogP contribution in [-0.2, 0) is 6.61 Å². The lowest BCUT2D eigenvalue weighted by Crippen LogP contribution is -2.10. The molecule has 0 amide bonds. The van der Waals surface area contributed by atoms with Crippen molar-refractivity contribution >= 4 is 11.7 Å². The summed E-state index contributed by atoms with van der Waals surface area (Å²) in [6.45, 7) is 0.452. The molecule has 6 N–H and O–H groups in total. The number of nitrogens with one attached hydrogen (secondary N) is 2. The summed E-state index contributed by atoms with van der Waals surface area (Å²) in [7, 11) is 0. The van der Waals surface area contributed by atoms with Crippen molar-refractivity contribution in [2.24, 2.45) is 11.5 Å². The van der Waals surface area contributed by atoms with Crippen LogP contribution in [0.1, 0.15) is 16.7 Å². The Morgan fingerprint density at radius 1 is 0.731 bits per heavy atom. The molecule has 0 heterocycles. The van der Waals surface area contributed by atoms with Crippen molar-refractivity contribution in [2.75, 3.05) is 0 Å². The predicted molar refractivity (Wildman–Crippen MR) is 105 cm³/mol. The Bertz CT molecular complexity index is 931. The van der Waals surface area contributed by atoms with Gasteiger partial charge in [0.15, 0.2) is 0 Å². The summed E-state index contributed by atoms with van der Waals surface area (Å²) >= 11 is 0. The minimum atomic E-state index is 0.0426. The second kappa shape index (κ2) is 7.53. The van der Waals surface area contributed by atoms with E-state index in [0.717, 1.165) is 22.4 Å². The van der Waals surface area contributed by atoms with Crippen LogP contribution < -0.4 is 16.2 Å². The SMILES string of the molecule is N=C(N)c1ccc(OCc2ccc(-c3cccc(C(=N)N)c3)cc2)cc1. The molecule has 3 aromatic carbocycles. The van der Waals surface area contributed by atoms with Gasteiger partial charge in [-0.1, -0.05) is 42.5 Å². The third-order valence-corrected chi connectivity index (χ3v) is 4.03. The number of ether oxygens (including phenoxy) is 1. The Balaban J connectivity index is 1.67. The molecule has 3 rings (SSSR count). The number of benzene rings is 3. The number of rotatable bonds is 6. The summed E-state index contributed by atoms with van der Waals surface area (Å²) in [6.07, 6.45) is 0. The van der Waals surface area contributed by atoms with Crippen molar-refractivity contribution in [3.8, 4) is 16.9 Å². The summed E-state index contributed by atoms with van der Waals surface area (Å²) in [4.78, 5) is 0. The summed E-state index contributed by atoms with van der Waals surface area (Å²) < 4.78 is 5.77. The van der Waals surface area contributed by atoms with E-state index in [4.69, 9.17) is 27.0 Å². The number of nitrogens with two attached hydrogens (primary N) is 2. The average Bonchev–Trinajstić information content (AvgIpc) is 2.67. The standard InChI is InChI=1S/C21H20N4O/c22-20(23)16-8-10-19(11-9-16)26-13-14-4-6-15(7-5-14)17-2-1-3-18(12-17)21(24)25/h1-12H,13H2,(H3,22,23)(H3,24,25). The predicted octanol–water partition coefficient (Wildman–Crippen LogP) is 3.50. The van der Waals surface area contributed by atoms with Gasteiger partial charge in [-0.15, -0.1) is 0 Å². The van der Waals surface area contributed by atoms with E-state index in [0.29, 0.717) is 17.7 Å². The number of hydrogen-bond donors (Lipinski definition) is 4. The van der Waals surface area contributed by atoms with Crippen molar-refractivity contribution < 1.29 is 4.74 Å². The van der Waals surface area contributed by atoms with Crippen LogP contribution in [0.15, 0.2) is 72.8 Å². The fraction of sp³-hybridized carbons (Fsp3) is 0.0476. The first kappa shape index (κ1) is 17.2. The fourth-order valence-electron chi connectivity index (χ4n) is 2.56. The first-order valence-corrected chi connectivity index (χ1v) is 8.14. The molecular formula is C21H20N4O. The van der Waals surface area contributed by atoms with E-state index in [9.17, 15) is 0 Å². The molecule has 0 radical (unpaired) electrons. The number of nitrogen functional groups attached to an aromatic ring is 2. The maximum Gasteiger partial charge on any atom is 0.122 e. The molecule has 5 heteroatoms. The lowest BCUT2D eigenvalue weighted by Gasteiger charge is -2.09. The van der Waals surface area contributed by atoms with Crippen LogP contribution in [0.2, 0.25) is 0 Å². The van der Waals surface area contributed by atoms with Gasteiger partial charge in [0.05, 0.1) is 0 Å². The van der Waals surface area contributed by atoms with Crippen LogP contribution in [0, 0.1) is 10.8 Å². The minimum absolute atomic E-state index is 0.0426. The first-order valence-electron chi connectivity index (χ1n) is 8.14. The Hall–Kier alpha value is -3.60. The first-order chi connectivity index (χ1) is 12.5. The van der Waals surface area contributed by atoms with Crippen LogP contribution in [0.3, 0.4) is 0 Å². The normalized spacial score (nSPS) is 10.3. The molecule has 0 atom stereocenters. The van der Waals surface area contributed by atoms with Crippen LogP contribution in [0.5, 0.6) is 5.75 Å². The van der Waals surface area contributed by atoms with Gasteiger partial charge >= 0.3 is 0 Å². The van der Waals surface area contributed by atoms with E-state index in [1.807, 2.05) is 48.5 Å². The van der Waals surface area contributed by atoms with Crippen molar-refractivity contribution in [1.29, 1.82) is 10.8 Å². The van der Waals surface area contributed by atoms with Crippen molar-refractivity contribution in [2.45, 2.75) is 6.61 Å². The van der Waals surface area contributed by atoms with Gasteiger partial charge in [0.1, 0.15) is 24.0 Å². The molecule has 0 fully saturated rings. The summed E-state index contributed by atoms with van der Waals surface area (Å²) in [5, 5.41) is 14.9. The summed E-state index contributed by atoms with van der Waals surface area (Å²) in [5.41, 5.74) is 15.5. The highest BCUT2D eigenvalue weighted by molar-refractivity contribution is 5.96. The van der Waals surface area contributed by atoms with Crippen molar-refractivity contribution in [1.82, 2.24) is 0 Å². The van der Waals surface area contributed by atoms with Gasteiger partial charge < -0.3 is 16.2 Å². The summed E-state index contributed by atoms with van der Waals surface area (Å²) in [5.74, 6) is 0.835. The fourth-order valence-corrected chi connectivity index (χ4v) is 2.56. The third-order valence-electron chi connectivity index (χ3n) is 4.03. The molecule has 0 aliphatic rings. The van der Waals surface area contributed by atoms with E-state index in [-0.39, 0.29) is 11.7 Å². The molecule has 0 spiro atoms. The van der Waals surface area contributed by atoms with Crippen molar-refractivity contribution in [3.05, 3.63) is 89.5 Å². The third kappa shape index (κ3) is 4.08. The highest BCUT2D eigenvalue weighted by Gasteiger charge is 2.03. The van der Waals surface area contributed by atoms with Gasteiger partial charge in [0.2, 0.25) is 0 Å². The molecule has 3 aromatic rings. The Kier molecular flexibility index (Phi) is 4.99. The lowest BCUT2D eigenvalue weighted by molar-refractivity contribution is 0.306. The highest BCUT2D eigenvalue weighted by Crippen LogP contribution is 2.22. The molecule has 26 heavy (non-hydrogen) atoms. The zero-order valence-electron chi connectivity index (χ0n) is 14.2. The lowest BCUT2D eigenvalue weighted by atomic mass is 10.0. The van der Waals surface area contributed by atoms with Crippen LogP contribution in [0.4, 0.5) is 0 Å². The quantitative estimate of drug-likeness (QED) is 0.406. The van der Waals surface area contributed by atoms with Gasteiger partial charge in [0, 0.05) is 11.1 Å². The number of amidine groups is 2. The van der Waals surface area contributed by atoms with Gasteiger partial charge in [0.25, 0.3) is 0 Å². The summed E-state index contributed by atoms with van der Waals surface area (Å²) in [6, 6.07) is 22.8. The highest BCUT2D eigenvalue weighted by atomic mass is 16.5. The van der Waals surface area contributed by atoms with Gasteiger partial charge in [-0.2, -0.15) is 0 Å². The molecule has 0 aliphatic carbocycles. The van der Waals surface area contributed by atoms with Crippen LogP contribution in [0.25, 0.3) is 11.1 Å². The van der Waals surface area contributed by atoms with E-state index >= 15 is 0 Å². The molecule has 0 aliphatic heterocycles. The van der Waals surface area contributed by atoms with E-state index in [2.05, 4.69) is 0 Å². The average molecular weight is 344 g/mol. The molecule has 0 unspecified atom stereocenters. The molecule has 5 nitrogen and oxygen atoms in total. The van der Waals surface area contributed by atoms with Gasteiger partial charge in [-0.05, 0) is 47.0 Å². The number of hydrogen-bond acceptors (Lipinski definition) is 3. The van der Waals surface area contributed by atoms with E-state index in [1.165, 1.54) is 0 Å². The second-order valence-electron chi connectivity index (χ2n) is 5.92. The molecule has 0 bridgehead atoms. The topological polar surface area (TPSA) is 109 Å². The molecular weight excluding hydrogens is 324 g/mol. The van der Waals surface area contributed by atoms with Crippen LogP contribution in [-0.4, -0.2) is 11.7 Å². The largest absolute Gasteiger partial charge is 0.489 e. The minimum Gasteiger partial charge on any atom is -0.489 e. The van der Waals surface area contributed by atoms with Crippen LogP contribution >= 0.6 is 0 Å².